The molecular weight excluding hydrogens is 492 g/mol. The Labute approximate surface area is 231 Å². The van der Waals surface area contributed by atoms with Crippen molar-refractivity contribution in [2.45, 2.75) is 33.1 Å². The third-order valence-electron chi connectivity index (χ3n) is 6.43. The van der Waals surface area contributed by atoms with Gasteiger partial charge in [-0.15, -0.1) is 0 Å². The number of pyridine rings is 1. The normalized spacial score (nSPS) is 11.0. The highest BCUT2D eigenvalue weighted by Gasteiger charge is 2.16. The molecule has 39 heavy (non-hydrogen) atoms. The largest absolute Gasteiger partial charge is 0.493 e. The number of benzene rings is 2. The van der Waals surface area contributed by atoms with Crippen molar-refractivity contribution in [1.82, 2.24) is 10.3 Å². The fraction of sp³-hybridized carbons (Fsp3) is 0.312. The van der Waals surface area contributed by atoms with E-state index in [9.17, 15) is 4.79 Å². The van der Waals surface area contributed by atoms with Gasteiger partial charge in [0.25, 0.3) is 0 Å². The standard InChI is InChI=1S/C32H38N2O5/c1-22(18-23(2)32(35)34-17-8-7-10-24-11-9-16-33-21-24)31(25-12-14-27(36-3)29(19-25)38-5)26-13-15-28(37-4)30(20-26)39-6/h9,11-16,18-21H,7-8,10,17H2,1-6H3,(H,34,35). The van der Waals surface area contributed by atoms with Crippen molar-refractivity contribution in [3.05, 3.63) is 94.8 Å². The van der Waals surface area contributed by atoms with Gasteiger partial charge in [0, 0.05) is 24.5 Å². The van der Waals surface area contributed by atoms with E-state index in [4.69, 9.17) is 18.9 Å². The van der Waals surface area contributed by atoms with E-state index in [1.807, 2.05) is 68.6 Å². The number of allylic oxidation sites excluding steroid dienone is 2. The molecule has 0 aliphatic rings. The van der Waals surface area contributed by atoms with E-state index >= 15 is 0 Å². The van der Waals surface area contributed by atoms with E-state index in [1.54, 1.807) is 34.6 Å². The molecule has 0 atom stereocenters. The van der Waals surface area contributed by atoms with Crippen LogP contribution in [0.2, 0.25) is 0 Å². The lowest BCUT2D eigenvalue weighted by atomic mass is 9.92. The Morgan fingerprint density at radius 1 is 0.821 bits per heavy atom. The summed E-state index contributed by atoms with van der Waals surface area (Å²) in [6.07, 6.45) is 8.39. The van der Waals surface area contributed by atoms with Crippen LogP contribution in [0.5, 0.6) is 23.0 Å². The second-order valence-electron chi connectivity index (χ2n) is 9.10. The number of aryl methyl sites for hydroxylation is 1. The molecule has 2 aromatic carbocycles. The summed E-state index contributed by atoms with van der Waals surface area (Å²) in [5.41, 5.74) is 5.50. The van der Waals surface area contributed by atoms with Crippen LogP contribution < -0.4 is 24.3 Å². The molecular formula is C32H38N2O5. The predicted octanol–water partition coefficient (Wildman–Crippen LogP) is 6.02. The smallest absolute Gasteiger partial charge is 0.246 e. The second kappa shape index (κ2) is 14.6. The zero-order valence-corrected chi connectivity index (χ0v) is 23.7. The number of rotatable bonds is 13. The average Bonchev–Trinajstić information content (AvgIpc) is 2.97. The topological polar surface area (TPSA) is 78.9 Å². The highest BCUT2D eigenvalue weighted by atomic mass is 16.5. The van der Waals surface area contributed by atoms with Gasteiger partial charge >= 0.3 is 0 Å². The predicted molar refractivity (Wildman–Crippen MR) is 155 cm³/mol. The number of methoxy groups -OCH3 is 4. The molecule has 7 nitrogen and oxygen atoms in total. The number of carbonyl (C=O) groups is 1. The molecule has 1 N–H and O–H groups in total. The van der Waals surface area contributed by atoms with Crippen molar-refractivity contribution >= 4 is 11.5 Å². The van der Waals surface area contributed by atoms with Gasteiger partial charge in [-0.2, -0.15) is 0 Å². The molecule has 3 aromatic rings. The molecule has 0 saturated carbocycles. The summed E-state index contributed by atoms with van der Waals surface area (Å²) < 4.78 is 22.0. The Balaban J connectivity index is 1.86. The highest BCUT2D eigenvalue weighted by molar-refractivity contribution is 5.94. The van der Waals surface area contributed by atoms with E-state index < -0.39 is 0 Å². The van der Waals surface area contributed by atoms with Crippen molar-refractivity contribution in [2.24, 2.45) is 0 Å². The second-order valence-corrected chi connectivity index (χ2v) is 9.10. The molecule has 0 saturated heterocycles. The number of hydrogen-bond acceptors (Lipinski definition) is 6. The maximum atomic E-state index is 12.9. The fourth-order valence-corrected chi connectivity index (χ4v) is 4.41. The Morgan fingerprint density at radius 2 is 1.41 bits per heavy atom. The molecule has 0 aliphatic heterocycles. The summed E-state index contributed by atoms with van der Waals surface area (Å²) >= 11 is 0. The van der Waals surface area contributed by atoms with Crippen molar-refractivity contribution < 1.29 is 23.7 Å². The fourth-order valence-electron chi connectivity index (χ4n) is 4.41. The van der Waals surface area contributed by atoms with Crippen LogP contribution in [0.1, 0.15) is 43.4 Å². The number of hydrogen-bond donors (Lipinski definition) is 1. The summed E-state index contributed by atoms with van der Waals surface area (Å²) in [5.74, 6) is 2.42. The van der Waals surface area contributed by atoms with Crippen molar-refractivity contribution in [3.63, 3.8) is 0 Å². The van der Waals surface area contributed by atoms with Gasteiger partial charge in [-0.05, 0) is 91.3 Å². The van der Waals surface area contributed by atoms with Crippen LogP contribution in [0.25, 0.3) is 5.57 Å². The highest BCUT2D eigenvalue weighted by Crippen LogP contribution is 2.38. The quantitative estimate of drug-likeness (QED) is 0.165. The number of aromatic nitrogens is 1. The van der Waals surface area contributed by atoms with Gasteiger partial charge in [0.05, 0.1) is 28.4 Å². The SMILES string of the molecule is COc1ccc(C(=C(C)C=C(C)C(=O)NCCCCc2cccnc2)c2ccc(OC)c(OC)c2)cc1OC. The summed E-state index contributed by atoms with van der Waals surface area (Å²) in [7, 11) is 6.44. The van der Waals surface area contributed by atoms with E-state index in [1.165, 1.54) is 5.56 Å². The van der Waals surface area contributed by atoms with Crippen LogP contribution in [-0.2, 0) is 11.2 Å². The summed E-state index contributed by atoms with van der Waals surface area (Å²) in [5, 5.41) is 3.04. The molecule has 0 radical (unpaired) electrons. The number of nitrogens with one attached hydrogen (secondary N) is 1. The van der Waals surface area contributed by atoms with Crippen molar-refractivity contribution in [3.8, 4) is 23.0 Å². The maximum Gasteiger partial charge on any atom is 0.246 e. The third-order valence-corrected chi connectivity index (χ3v) is 6.43. The number of carbonyl (C=O) groups excluding carboxylic acids is 1. The van der Waals surface area contributed by atoms with Crippen LogP contribution in [0.4, 0.5) is 0 Å². The summed E-state index contributed by atoms with van der Waals surface area (Å²) in [6.45, 7) is 4.44. The summed E-state index contributed by atoms with van der Waals surface area (Å²) in [4.78, 5) is 17.0. The lowest BCUT2D eigenvalue weighted by Crippen LogP contribution is -2.25. The van der Waals surface area contributed by atoms with Crippen LogP contribution in [0.3, 0.4) is 0 Å². The number of nitrogens with zero attached hydrogens (tertiary/aromatic N) is 1. The van der Waals surface area contributed by atoms with Gasteiger partial charge in [0.2, 0.25) is 5.91 Å². The lowest BCUT2D eigenvalue weighted by Gasteiger charge is -2.17. The van der Waals surface area contributed by atoms with Gasteiger partial charge in [0.15, 0.2) is 23.0 Å². The Hall–Kier alpha value is -4.26. The van der Waals surface area contributed by atoms with Crippen LogP contribution in [0, 0.1) is 0 Å². The van der Waals surface area contributed by atoms with Crippen molar-refractivity contribution in [2.75, 3.05) is 35.0 Å². The molecule has 3 rings (SSSR count). The van der Waals surface area contributed by atoms with Gasteiger partial charge < -0.3 is 24.3 Å². The van der Waals surface area contributed by atoms with Crippen LogP contribution in [0.15, 0.2) is 78.1 Å². The van der Waals surface area contributed by atoms with Gasteiger partial charge in [0.1, 0.15) is 0 Å². The molecule has 0 fully saturated rings. The minimum Gasteiger partial charge on any atom is -0.493 e. The van der Waals surface area contributed by atoms with Crippen LogP contribution in [-0.4, -0.2) is 45.9 Å². The first-order chi connectivity index (χ1) is 18.9. The first-order valence-electron chi connectivity index (χ1n) is 12.9. The average molecular weight is 531 g/mol. The molecule has 0 bridgehead atoms. The van der Waals surface area contributed by atoms with Crippen molar-refractivity contribution in [1.29, 1.82) is 0 Å². The molecule has 0 spiro atoms. The molecule has 1 amide bonds. The van der Waals surface area contributed by atoms with E-state index in [0.717, 1.165) is 41.5 Å². The van der Waals surface area contributed by atoms with Gasteiger partial charge in [-0.3, -0.25) is 9.78 Å². The molecule has 1 aromatic heterocycles. The first-order valence-corrected chi connectivity index (χ1v) is 12.9. The Kier molecular flexibility index (Phi) is 11.0. The molecule has 0 unspecified atom stereocenters. The van der Waals surface area contributed by atoms with Gasteiger partial charge in [-0.1, -0.05) is 24.3 Å². The van der Waals surface area contributed by atoms with E-state index in [0.29, 0.717) is 35.1 Å². The first kappa shape index (κ1) is 29.3. The minimum atomic E-state index is -0.0882. The Bertz CT molecular complexity index is 1260. The molecule has 1 heterocycles. The lowest BCUT2D eigenvalue weighted by molar-refractivity contribution is -0.117. The number of unbranched alkanes of at least 4 members (excludes halogenated alkanes) is 1. The van der Waals surface area contributed by atoms with Crippen LogP contribution >= 0.6 is 0 Å². The number of amides is 1. The number of ether oxygens (including phenoxy) is 4. The molecule has 0 aliphatic carbocycles. The molecule has 7 heteroatoms. The Morgan fingerprint density at radius 3 is 1.92 bits per heavy atom. The van der Waals surface area contributed by atoms with E-state index in [-0.39, 0.29) is 5.91 Å². The van der Waals surface area contributed by atoms with E-state index in [2.05, 4.69) is 16.4 Å². The zero-order valence-electron chi connectivity index (χ0n) is 23.7. The zero-order chi connectivity index (χ0) is 28.2. The molecule has 206 valence electrons. The monoisotopic (exact) mass is 530 g/mol. The third kappa shape index (κ3) is 7.87. The van der Waals surface area contributed by atoms with Gasteiger partial charge in [-0.25, -0.2) is 0 Å². The minimum absolute atomic E-state index is 0.0882. The maximum absolute atomic E-state index is 12.9. The summed E-state index contributed by atoms with van der Waals surface area (Å²) in [6, 6.07) is 15.6.